The van der Waals surface area contributed by atoms with E-state index in [1.165, 1.54) is 5.56 Å². The molecule has 0 spiro atoms. The van der Waals surface area contributed by atoms with Crippen LogP contribution in [0.2, 0.25) is 0 Å². The lowest BCUT2D eigenvalue weighted by atomic mass is 10.1. The molecule has 28 heavy (non-hydrogen) atoms. The predicted octanol–water partition coefficient (Wildman–Crippen LogP) is 2.78. The van der Waals surface area contributed by atoms with Crippen molar-refractivity contribution in [1.82, 2.24) is 5.32 Å². The van der Waals surface area contributed by atoms with E-state index in [9.17, 15) is 9.59 Å². The molecule has 0 radical (unpaired) electrons. The summed E-state index contributed by atoms with van der Waals surface area (Å²) in [7, 11) is 3.13. The Hall–Kier alpha value is -3.02. The Morgan fingerprint density at radius 3 is 2.50 bits per heavy atom. The number of nitrogens with one attached hydrogen (secondary N) is 1. The molecule has 1 atom stereocenters. The van der Waals surface area contributed by atoms with E-state index < -0.39 is 0 Å². The quantitative estimate of drug-likeness (QED) is 0.834. The molecule has 1 fully saturated rings. The summed E-state index contributed by atoms with van der Waals surface area (Å²) in [4.78, 5) is 26.6. The van der Waals surface area contributed by atoms with Crippen LogP contribution in [0.25, 0.3) is 0 Å². The molecule has 1 N–H and O–H groups in total. The van der Waals surface area contributed by atoms with Gasteiger partial charge in [-0.05, 0) is 54.8 Å². The fourth-order valence-corrected chi connectivity index (χ4v) is 3.40. The minimum atomic E-state index is -0.193. The van der Waals surface area contributed by atoms with Crippen LogP contribution in [-0.2, 0) is 16.0 Å². The van der Waals surface area contributed by atoms with Crippen LogP contribution < -0.4 is 19.7 Å². The number of benzene rings is 2. The van der Waals surface area contributed by atoms with Crippen LogP contribution in [0.4, 0.5) is 5.69 Å². The van der Waals surface area contributed by atoms with Gasteiger partial charge in [-0.25, -0.2) is 0 Å². The molecular weight excluding hydrogens is 356 g/mol. The van der Waals surface area contributed by atoms with E-state index in [0.717, 1.165) is 16.8 Å². The monoisotopic (exact) mass is 382 g/mol. The normalized spacial score (nSPS) is 16.2. The molecule has 2 amide bonds. The highest BCUT2D eigenvalue weighted by Crippen LogP contribution is 2.28. The van der Waals surface area contributed by atoms with Gasteiger partial charge in [-0.3, -0.25) is 9.59 Å². The van der Waals surface area contributed by atoms with Gasteiger partial charge in [-0.15, -0.1) is 0 Å². The van der Waals surface area contributed by atoms with Crippen molar-refractivity contribution in [3.63, 3.8) is 0 Å². The number of aryl methyl sites for hydroxylation is 2. The second kappa shape index (κ2) is 8.33. The summed E-state index contributed by atoms with van der Waals surface area (Å²) in [5, 5.41) is 2.98. The van der Waals surface area contributed by atoms with Crippen LogP contribution in [-0.4, -0.2) is 38.6 Å². The van der Waals surface area contributed by atoms with Crippen LogP contribution in [0.15, 0.2) is 36.4 Å². The van der Waals surface area contributed by atoms with Crippen LogP contribution in [0.5, 0.6) is 11.5 Å². The van der Waals surface area contributed by atoms with Crippen LogP contribution in [0, 0.1) is 13.8 Å². The molecule has 2 aromatic rings. The third kappa shape index (κ3) is 4.27. The van der Waals surface area contributed by atoms with Gasteiger partial charge >= 0.3 is 0 Å². The van der Waals surface area contributed by atoms with Gasteiger partial charge in [0.05, 0.1) is 26.7 Å². The lowest BCUT2D eigenvalue weighted by Gasteiger charge is -2.18. The molecule has 3 rings (SSSR count). The number of methoxy groups -OCH3 is 2. The highest BCUT2D eigenvalue weighted by molar-refractivity contribution is 5.97. The number of carbonyl (C=O) groups is 2. The Labute approximate surface area is 165 Å². The third-order valence-electron chi connectivity index (χ3n) is 5.10. The number of hydrogen-bond acceptors (Lipinski definition) is 4. The Bertz CT molecular complexity index is 894. The predicted molar refractivity (Wildman–Crippen MR) is 108 cm³/mol. The van der Waals surface area contributed by atoms with Crippen molar-refractivity contribution in [3.05, 3.63) is 53.1 Å². The summed E-state index contributed by atoms with van der Waals surface area (Å²) in [6.45, 7) is 4.56. The number of carbonyl (C=O) groups excluding carboxylic acids is 2. The molecular formula is C22H26N2O4. The minimum absolute atomic E-state index is 0.0275. The highest BCUT2D eigenvalue weighted by Gasteiger charge is 2.31. The van der Waals surface area contributed by atoms with Gasteiger partial charge in [-0.2, -0.15) is 0 Å². The van der Waals surface area contributed by atoms with Crippen molar-refractivity contribution in [2.45, 2.75) is 32.7 Å². The van der Waals surface area contributed by atoms with E-state index in [1.54, 1.807) is 31.3 Å². The van der Waals surface area contributed by atoms with Gasteiger partial charge in [0.15, 0.2) is 11.5 Å². The molecule has 1 heterocycles. The van der Waals surface area contributed by atoms with Crippen LogP contribution in [0.3, 0.4) is 0 Å². The molecule has 1 aliphatic rings. The molecule has 2 aromatic carbocycles. The number of amides is 2. The van der Waals surface area contributed by atoms with Crippen LogP contribution >= 0.6 is 0 Å². The number of rotatable bonds is 6. The molecule has 0 bridgehead atoms. The molecule has 6 nitrogen and oxygen atoms in total. The molecule has 148 valence electrons. The summed E-state index contributed by atoms with van der Waals surface area (Å²) in [5.74, 6) is 1.12. The number of hydrogen-bond donors (Lipinski definition) is 1. The fourth-order valence-electron chi connectivity index (χ4n) is 3.40. The standard InChI is InChI=1S/C22H26N2O4/c1-14-5-7-18(9-15(14)2)24-13-17(12-22(24)26)23-21(25)11-16-6-8-19(27-3)20(10-16)28-4/h5-10,17H,11-13H2,1-4H3,(H,23,25)/t17-/m1/s1. The van der Waals surface area contributed by atoms with E-state index in [1.807, 2.05) is 38.1 Å². The van der Waals surface area contributed by atoms with Crippen molar-refractivity contribution in [3.8, 4) is 11.5 Å². The molecule has 0 aliphatic carbocycles. The Morgan fingerprint density at radius 2 is 1.82 bits per heavy atom. The van der Waals surface area contributed by atoms with E-state index in [4.69, 9.17) is 9.47 Å². The summed E-state index contributed by atoms with van der Waals surface area (Å²) in [6.07, 6.45) is 0.527. The van der Waals surface area contributed by atoms with Gasteiger partial charge in [-0.1, -0.05) is 12.1 Å². The van der Waals surface area contributed by atoms with E-state index in [-0.39, 0.29) is 24.3 Å². The summed E-state index contributed by atoms with van der Waals surface area (Å²) >= 11 is 0. The molecule has 1 aliphatic heterocycles. The Kier molecular flexibility index (Phi) is 5.87. The lowest BCUT2D eigenvalue weighted by molar-refractivity contribution is -0.121. The topological polar surface area (TPSA) is 67.9 Å². The SMILES string of the molecule is COc1ccc(CC(=O)N[C@@H]2CC(=O)N(c3ccc(C)c(C)c3)C2)cc1OC. The average molecular weight is 382 g/mol. The van der Waals surface area contributed by atoms with E-state index in [2.05, 4.69) is 5.32 Å². The molecule has 6 heteroatoms. The van der Waals surface area contributed by atoms with Crippen molar-refractivity contribution < 1.29 is 19.1 Å². The highest BCUT2D eigenvalue weighted by atomic mass is 16.5. The van der Waals surface area contributed by atoms with Crippen molar-refractivity contribution in [1.29, 1.82) is 0 Å². The first-order chi connectivity index (χ1) is 13.4. The van der Waals surface area contributed by atoms with Gasteiger partial charge in [0.1, 0.15) is 0 Å². The summed E-state index contributed by atoms with van der Waals surface area (Å²) < 4.78 is 10.5. The third-order valence-corrected chi connectivity index (χ3v) is 5.10. The average Bonchev–Trinajstić information content (AvgIpc) is 3.03. The maximum atomic E-state index is 12.5. The van der Waals surface area contributed by atoms with Crippen LogP contribution in [0.1, 0.15) is 23.1 Å². The van der Waals surface area contributed by atoms with E-state index in [0.29, 0.717) is 24.5 Å². The number of anilines is 1. The second-order valence-electron chi connectivity index (χ2n) is 7.11. The van der Waals surface area contributed by atoms with Gasteiger partial charge in [0.2, 0.25) is 11.8 Å². The Balaban J connectivity index is 1.62. The van der Waals surface area contributed by atoms with Gasteiger partial charge in [0, 0.05) is 18.7 Å². The largest absolute Gasteiger partial charge is 0.493 e. The first kappa shape index (κ1) is 19.7. The number of nitrogens with zero attached hydrogens (tertiary/aromatic N) is 1. The molecule has 0 unspecified atom stereocenters. The first-order valence-corrected chi connectivity index (χ1v) is 9.29. The molecule has 0 aromatic heterocycles. The maximum absolute atomic E-state index is 12.5. The summed E-state index contributed by atoms with van der Waals surface area (Å²) in [5.41, 5.74) is 4.04. The molecule has 0 saturated carbocycles. The van der Waals surface area contributed by atoms with Crippen molar-refractivity contribution in [2.75, 3.05) is 25.7 Å². The second-order valence-corrected chi connectivity index (χ2v) is 7.11. The zero-order valence-electron chi connectivity index (χ0n) is 16.7. The zero-order chi connectivity index (χ0) is 20.3. The minimum Gasteiger partial charge on any atom is -0.493 e. The lowest BCUT2D eigenvalue weighted by Crippen LogP contribution is -2.38. The van der Waals surface area contributed by atoms with Gasteiger partial charge in [0.25, 0.3) is 0 Å². The molecule has 1 saturated heterocycles. The maximum Gasteiger partial charge on any atom is 0.229 e. The van der Waals surface area contributed by atoms with Gasteiger partial charge < -0.3 is 19.7 Å². The first-order valence-electron chi connectivity index (χ1n) is 9.29. The van der Waals surface area contributed by atoms with E-state index >= 15 is 0 Å². The fraction of sp³-hybridized carbons (Fsp3) is 0.364. The smallest absolute Gasteiger partial charge is 0.229 e. The van der Waals surface area contributed by atoms with Crippen molar-refractivity contribution in [2.24, 2.45) is 0 Å². The summed E-state index contributed by atoms with van der Waals surface area (Å²) in [6, 6.07) is 11.2. The zero-order valence-corrected chi connectivity index (χ0v) is 16.7. The van der Waals surface area contributed by atoms with Crippen molar-refractivity contribution >= 4 is 17.5 Å². The number of ether oxygens (including phenoxy) is 2. The Morgan fingerprint density at radius 1 is 1.07 bits per heavy atom.